The first-order chi connectivity index (χ1) is 8.72. The van der Waals surface area contributed by atoms with Crippen LogP contribution in [0.15, 0.2) is 42.6 Å². The first-order valence-corrected chi connectivity index (χ1v) is 5.34. The van der Waals surface area contributed by atoms with Crippen LogP contribution >= 0.6 is 0 Å². The summed E-state index contributed by atoms with van der Waals surface area (Å²) < 4.78 is 1.46. The molecular weight excluding hydrogens is 232 g/mol. The van der Waals surface area contributed by atoms with Crippen molar-refractivity contribution in [2.24, 2.45) is 0 Å². The lowest BCUT2D eigenvalue weighted by molar-refractivity contribution is -0.389. The Morgan fingerprint density at radius 2 is 2.11 bits per heavy atom. The maximum absolute atomic E-state index is 10.6. The predicted molar refractivity (Wildman–Crippen MR) is 63.7 cm³/mol. The number of nitrogens with zero attached hydrogens (tertiary/aromatic N) is 4. The van der Waals surface area contributed by atoms with Crippen LogP contribution in [0.2, 0.25) is 0 Å². The van der Waals surface area contributed by atoms with Gasteiger partial charge < -0.3 is 10.1 Å². The molecule has 1 aromatic heterocycles. The van der Waals surface area contributed by atoms with Crippen LogP contribution in [0.5, 0.6) is 0 Å². The van der Waals surface area contributed by atoms with E-state index in [0.717, 1.165) is 5.56 Å². The highest BCUT2D eigenvalue weighted by Crippen LogP contribution is 2.22. The summed E-state index contributed by atoms with van der Waals surface area (Å²) in [5.74, 6) is -0.214. The van der Waals surface area contributed by atoms with Crippen LogP contribution in [0, 0.1) is 21.4 Å². The number of benzene rings is 1. The molecule has 90 valence electrons. The summed E-state index contributed by atoms with van der Waals surface area (Å²) in [5.41, 5.74) is 0.900. The van der Waals surface area contributed by atoms with E-state index in [9.17, 15) is 10.1 Å². The SMILES string of the molecule is N#CCC(c1ccccc1)n1ccc([N+](=O)[O-])n1. The topological polar surface area (TPSA) is 84.8 Å². The average molecular weight is 242 g/mol. The normalized spacial score (nSPS) is 11.7. The molecule has 2 rings (SSSR count). The van der Waals surface area contributed by atoms with E-state index in [1.54, 1.807) is 0 Å². The molecule has 18 heavy (non-hydrogen) atoms. The van der Waals surface area contributed by atoms with Crippen molar-refractivity contribution in [2.75, 3.05) is 0 Å². The van der Waals surface area contributed by atoms with Crippen molar-refractivity contribution >= 4 is 5.82 Å². The summed E-state index contributed by atoms with van der Waals surface area (Å²) in [6.07, 6.45) is 1.73. The Bertz CT molecular complexity index is 586. The zero-order valence-electron chi connectivity index (χ0n) is 9.43. The third-order valence-electron chi connectivity index (χ3n) is 2.57. The average Bonchev–Trinajstić information content (AvgIpc) is 2.86. The molecule has 1 aromatic carbocycles. The molecule has 0 spiro atoms. The molecule has 0 fully saturated rings. The van der Waals surface area contributed by atoms with E-state index < -0.39 is 4.92 Å². The van der Waals surface area contributed by atoms with E-state index in [1.807, 2.05) is 30.3 Å². The molecule has 0 aliphatic carbocycles. The largest absolute Gasteiger partial charge is 0.389 e. The van der Waals surface area contributed by atoms with Crippen LogP contribution in [0.25, 0.3) is 0 Å². The summed E-state index contributed by atoms with van der Waals surface area (Å²) in [7, 11) is 0. The molecular formula is C12H10N4O2. The van der Waals surface area contributed by atoms with Crippen LogP contribution in [0.3, 0.4) is 0 Å². The smallest absolute Gasteiger partial charge is 0.358 e. The minimum atomic E-state index is -0.551. The van der Waals surface area contributed by atoms with E-state index in [0.29, 0.717) is 0 Å². The molecule has 1 atom stereocenters. The van der Waals surface area contributed by atoms with Gasteiger partial charge in [-0.05, 0) is 10.5 Å². The summed E-state index contributed by atoms with van der Waals surface area (Å²) in [6, 6.07) is 12.4. The number of hydrogen-bond donors (Lipinski definition) is 0. The van der Waals surface area contributed by atoms with Gasteiger partial charge in [0.15, 0.2) is 0 Å². The highest BCUT2D eigenvalue weighted by molar-refractivity contribution is 5.23. The Morgan fingerprint density at radius 1 is 1.39 bits per heavy atom. The molecule has 0 aliphatic rings. The number of nitro groups is 1. The van der Waals surface area contributed by atoms with Gasteiger partial charge in [-0.2, -0.15) is 9.94 Å². The zero-order valence-corrected chi connectivity index (χ0v) is 9.43. The quantitative estimate of drug-likeness (QED) is 0.608. The molecule has 0 aliphatic heterocycles. The molecule has 6 nitrogen and oxygen atoms in total. The lowest BCUT2D eigenvalue weighted by atomic mass is 10.1. The monoisotopic (exact) mass is 242 g/mol. The van der Waals surface area contributed by atoms with Crippen molar-refractivity contribution in [2.45, 2.75) is 12.5 Å². The molecule has 1 heterocycles. The van der Waals surface area contributed by atoms with Gasteiger partial charge >= 0.3 is 5.82 Å². The second-order valence-electron chi connectivity index (χ2n) is 3.70. The van der Waals surface area contributed by atoms with Crippen LogP contribution < -0.4 is 0 Å². The molecule has 1 unspecified atom stereocenters. The van der Waals surface area contributed by atoms with Crippen LogP contribution in [0.4, 0.5) is 5.82 Å². The second-order valence-corrected chi connectivity index (χ2v) is 3.70. The van der Waals surface area contributed by atoms with Gasteiger partial charge in [-0.25, -0.2) is 0 Å². The van der Waals surface area contributed by atoms with Crippen molar-refractivity contribution in [3.05, 3.63) is 58.3 Å². The number of rotatable bonds is 4. The zero-order chi connectivity index (χ0) is 13.0. The molecule has 0 bridgehead atoms. The highest BCUT2D eigenvalue weighted by Gasteiger charge is 2.20. The minimum absolute atomic E-state index is 0.211. The van der Waals surface area contributed by atoms with E-state index in [1.165, 1.54) is 16.9 Å². The lowest BCUT2D eigenvalue weighted by Gasteiger charge is -2.10. The van der Waals surface area contributed by atoms with E-state index in [-0.39, 0.29) is 18.3 Å². The fourth-order valence-electron chi connectivity index (χ4n) is 1.72. The molecule has 0 saturated heterocycles. The third kappa shape index (κ3) is 2.35. The van der Waals surface area contributed by atoms with Crippen LogP contribution in [-0.2, 0) is 0 Å². The first-order valence-electron chi connectivity index (χ1n) is 5.34. The Morgan fingerprint density at radius 3 is 2.67 bits per heavy atom. The molecule has 2 aromatic rings. The second kappa shape index (κ2) is 5.10. The summed E-state index contributed by atoms with van der Waals surface area (Å²) in [4.78, 5) is 10.0. The lowest BCUT2D eigenvalue weighted by Crippen LogP contribution is -2.11. The summed E-state index contributed by atoms with van der Waals surface area (Å²) >= 11 is 0. The van der Waals surface area contributed by atoms with Gasteiger partial charge in [-0.3, -0.25) is 0 Å². The van der Waals surface area contributed by atoms with Crippen molar-refractivity contribution in [1.29, 1.82) is 5.26 Å². The predicted octanol–water partition coefficient (Wildman–Crippen LogP) is 2.29. The van der Waals surface area contributed by atoms with Gasteiger partial charge in [0.1, 0.15) is 6.04 Å². The molecule has 0 N–H and O–H groups in total. The van der Waals surface area contributed by atoms with E-state index in [2.05, 4.69) is 11.2 Å². The Balaban J connectivity index is 2.36. The highest BCUT2D eigenvalue weighted by atomic mass is 16.6. The van der Waals surface area contributed by atoms with Crippen molar-refractivity contribution in [3.63, 3.8) is 0 Å². The van der Waals surface area contributed by atoms with Gasteiger partial charge in [0.25, 0.3) is 0 Å². The van der Waals surface area contributed by atoms with E-state index in [4.69, 9.17) is 5.26 Å². The molecule has 6 heteroatoms. The first kappa shape index (κ1) is 11.8. The standard InChI is InChI=1S/C12H10N4O2/c13-8-6-11(10-4-2-1-3-5-10)15-9-7-12(14-15)16(17)18/h1-5,7,9,11H,6H2. The van der Waals surface area contributed by atoms with Crippen LogP contribution in [-0.4, -0.2) is 14.7 Å². The summed E-state index contributed by atoms with van der Waals surface area (Å²) in [5, 5.41) is 23.3. The molecule has 0 radical (unpaired) electrons. The maximum atomic E-state index is 10.6. The number of hydrogen-bond acceptors (Lipinski definition) is 4. The fraction of sp³-hybridized carbons (Fsp3) is 0.167. The van der Waals surface area contributed by atoms with Crippen LogP contribution in [0.1, 0.15) is 18.0 Å². The number of aromatic nitrogens is 2. The van der Waals surface area contributed by atoms with Gasteiger partial charge in [-0.15, -0.1) is 0 Å². The fourth-order valence-corrected chi connectivity index (χ4v) is 1.72. The van der Waals surface area contributed by atoms with Gasteiger partial charge in [0.2, 0.25) is 0 Å². The molecule has 0 saturated carbocycles. The van der Waals surface area contributed by atoms with E-state index >= 15 is 0 Å². The summed E-state index contributed by atoms with van der Waals surface area (Å²) in [6.45, 7) is 0. The van der Waals surface area contributed by atoms with Crippen molar-refractivity contribution in [3.8, 4) is 6.07 Å². The Hall–Kier alpha value is -2.68. The number of nitriles is 1. The van der Waals surface area contributed by atoms with Crippen molar-refractivity contribution in [1.82, 2.24) is 9.78 Å². The van der Waals surface area contributed by atoms with Crippen molar-refractivity contribution < 1.29 is 4.92 Å². The van der Waals surface area contributed by atoms with Gasteiger partial charge in [-0.1, -0.05) is 30.3 Å². The Kier molecular flexibility index (Phi) is 3.34. The third-order valence-corrected chi connectivity index (χ3v) is 2.57. The Labute approximate surface area is 103 Å². The minimum Gasteiger partial charge on any atom is -0.358 e. The molecule has 0 amide bonds. The van der Waals surface area contributed by atoms with Gasteiger partial charge in [0.05, 0.1) is 29.9 Å². The van der Waals surface area contributed by atoms with Gasteiger partial charge in [0, 0.05) is 0 Å². The maximum Gasteiger partial charge on any atom is 0.389 e.